The molecular weight excluding hydrogens is 358 g/mol. The molecule has 1 aliphatic heterocycles. The molecule has 1 aliphatic rings. The van der Waals surface area contributed by atoms with Crippen LogP contribution in [0.5, 0.6) is 0 Å². The molecule has 1 amide bonds. The van der Waals surface area contributed by atoms with Crippen molar-refractivity contribution >= 4 is 23.5 Å². The maximum absolute atomic E-state index is 12.0. The van der Waals surface area contributed by atoms with Gasteiger partial charge in [0, 0.05) is 37.8 Å². The van der Waals surface area contributed by atoms with Gasteiger partial charge in [-0.1, -0.05) is 30.3 Å². The number of anilines is 1. The average molecular weight is 382 g/mol. The third-order valence-electron chi connectivity index (χ3n) is 4.63. The average Bonchev–Trinajstić information content (AvgIpc) is 2.73. The number of nitrogens with zero attached hydrogens (tertiary/aromatic N) is 4. The Kier molecular flexibility index (Phi) is 7.05. The van der Waals surface area contributed by atoms with E-state index in [4.69, 9.17) is 5.26 Å². The van der Waals surface area contributed by atoms with Crippen molar-refractivity contribution in [2.24, 2.45) is 5.92 Å². The summed E-state index contributed by atoms with van der Waals surface area (Å²) in [5.41, 5.74) is 1.61. The first-order valence-electron chi connectivity index (χ1n) is 9.10. The lowest BCUT2D eigenvalue weighted by atomic mass is 9.96. The van der Waals surface area contributed by atoms with Crippen LogP contribution in [-0.2, 0) is 10.5 Å². The highest BCUT2D eigenvalue weighted by Gasteiger charge is 2.22. The zero-order valence-electron chi connectivity index (χ0n) is 15.2. The van der Waals surface area contributed by atoms with E-state index in [2.05, 4.69) is 38.4 Å². The summed E-state index contributed by atoms with van der Waals surface area (Å²) in [5.74, 6) is 2.57. The second kappa shape index (κ2) is 9.93. The van der Waals surface area contributed by atoms with Crippen molar-refractivity contribution < 1.29 is 4.79 Å². The van der Waals surface area contributed by atoms with E-state index in [0.29, 0.717) is 29.7 Å². The van der Waals surface area contributed by atoms with E-state index in [1.54, 1.807) is 24.2 Å². The van der Waals surface area contributed by atoms with Crippen LogP contribution >= 0.6 is 11.8 Å². The number of nitrogens with one attached hydrogen (secondary N) is 1. The van der Waals surface area contributed by atoms with Gasteiger partial charge >= 0.3 is 0 Å². The Hall–Kier alpha value is -2.59. The Morgan fingerprint density at radius 1 is 1.22 bits per heavy atom. The van der Waals surface area contributed by atoms with E-state index in [9.17, 15) is 4.79 Å². The normalized spacial score (nSPS) is 14.6. The fourth-order valence-electron chi connectivity index (χ4n) is 3.13. The Labute approximate surface area is 164 Å². The Bertz CT molecular complexity index is 784. The van der Waals surface area contributed by atoms with Gasteiger partial charge in [0.15, 0.2) is 11.5 Å². The van der Waals surface area contributed by atoms with E-state index >= 15 is 0 Å². The molecule has 0 atom stereocenters. The topological polar surface area (TPSA) is 81.9 Å². The lowest BCUT2D eigenvalue weighted by molar-refractivity contribution is -0.118. The largest absolute Gasteiger partial charge is 0.355 e. The van der Waals surface area contributed by atoms with Gasteiger partial charge < -0.3 is 10.2 Å². The van der Waals surface area contributed by atoms with Gasteiger partial charge in [-0.2, -0.15) is 5.26 Å². The predicted octanol–water partition coefficient (Wildman–Crippen LogP) is 2.61. The number of hydrogen-bond donors (Lipinski definition) is 1. The van der Waals surface area contributed by atoms with Crippen LogP contribution in [0.3, 0.4) is 0 Å². The van der Waals surface area contributed by atoms with Crippen LogP contribution in [0, 0.1) is 17.2 Å². The molecule has 0 radical (unpaired) electrons. The lowest BCUT2D eigenvalue weighted by Gasteiger charge is -2.32. The van der Waals surface area contributed by atoms with Crippen molar-refractivity contribution in [1.29, 1.82) is 5.26 Å². The summed E-state index contributed by atoms with van der Waals surface area (Å²) >= 11 is 1.64. The minimum absolute atomic E-state index is 0.0963. The molecular formula is C20H23N5OS. The van der Waals surface area contributed by atoms with Crippen molar-refractivity contribution in [3.63, 3.8) is 0 Å². The van der Waals surface area contributed by atoms with Crippen LogP contribution in [0.1, 0.15) is 24.1 Å². The molecule has 140 valence electrons. The molecule has 6 nitrogen and oxygen atoms in total. The van der Waals surface area contributed by atoms with Crippen LogP contribution < -0.4 is 10.2 Å². The van der Waals surface area contributed by atoms with Crippen molar-refractivity contribution in [2.45, 2.75) is 18.6 Å². The zero-order chi connectivity index (χ0) is 18.9. The van der Waals surface area contributed by atoms with Gasteiger partial charge in [-0.25, -0.2) is 9.97 Å². The van der Waals surface area contributed by atoms with Crippen LogP contribution in [0.2, 0.25) is 0 Å². The molecule has 1 fully saturated rings. The molecule has 0 unspecified atom stereocenters. The first kappa shape index (κ1) is 19.2. The summed E-state index contributed by atoms with van der Waals surface area (Å²) in [4.78, 5) is 22.5. The molecule has 0 aliphatic carbocycles. The molecule has 3 rings (SSSR count). The van der Waals surface area contributed by atoms with Gasteiger partial charge in [-0.05, 0) is 24.3 Å². The van der Waals surface area contributed by atoms with Crippen molar-refractivity contribution in [2.75, 3.05) is 30.3 Å². The van der Waals surface area contributed by atoms with Gasteiger partial charge in [0.2, 0.25) is 5.91 Å². The van der Waals surface area contributed by atoms with Crippen LogP contribution in [0.25, 0.3) is 0 Å². The van der Waals surface area contributed by atoms with Crippen molar-refractivity contribution in [1.82, 2.24) is 15.3 Å². The Balaban J connectivity index is 1.36. The van der Waals surface area contributed by atoms with E-state index in [1.165, 1.54) is 5.56 Å². The Morgan fingerprint density at radius 2 is 1.96 bits per heavy atom. The minimum Gasteiger partial charge on any atom is -0.355 e. The lowest BCUT2D eigenvalue weighted by Crippen LogP contribution is -2.39. The molecule has 2 aromatic rings. The highest BCUT2D eigenvalue weighted by molar-refractivity contribution is 7.99. The van der Waals surface area contributed by atoms with Crippen LogP contribution in [0.4, 0.5) is 5.82 Å². The quantitative estimate of drug-likeness (QED) is 0.794. The number of hydrogen-bond acceptors (Lipinski definition) is 6. The third-order valence-corrected chi connectivity index (χ3v) is 5.64. The second-order valence-electron chi connectivity index (χ2n) is 6.55. The molecule has 1 N–H and O–H groups in total. The molecule has 0 bridgehead atoms. The number of thioether (sulfide) groups is 1. The van der Waals surface area contributed by atoms with E-state index in [1.807, 2.05) is 18.2 Å². The highest BCUT2D eigenvalue weighted by Crippen LogP contribution is 2.23. The molecule has 7 heteroatoms. The molecule has 27 heavy (non-hydrogen) atoms. The zero-order valence-corrected chi connectivity index (χ0v) is 16.0. The number of piperidine rings is 1. The SMILES string of the molecule is N#Cc1nccnc1N1CCC(CNC(=O)CSCc2ccccc2)CC1. The first-order chi connectivity index (χ1) is 13.3. The van der Waals surface area contributed by atoms with E-state index in [0.717, 1.165) is 31.7 Å². The second-order valence-corrected chi connectivity index (χ2v) is 7.54. The van der Waals surface area contributed by atoms with Crippen molar-refractivity contribution in [3.05, 3.63) is 54.0 Å². The summed E-state index contributed by atoms with van der Waals surface area (Å²) < 4.78 is 0. The molecule has 0 spiro atoms. The monoisotopic (exact) mass is 381 g/mol. The predicted molar refractivity (Wildman–Crippen MR) is 107 cm³/mol. The summed E-state index contributed by atoms with van der Waals surface area (Å²) in [6, 6.07) is 12.3. The number of carbonyl (C=O) groups is 1. The maximum Gasteiger partial charge on any atom is 0.230 e. The molecule has 1 aromatic carbocycles. The van der Waals surface area contributed by atoms with E-state index < -0.39 is 0 Å². The fraction of sp³-hybridized carbons (Fsp3) is 0.400. The summed E-state index contributed by atoms with van der Waals surface area (Å²) in [6.07, 6.45) is 5.10. The first-order valence-corrected chi connectivity index (χ1v) is 10.3. The molecule has 2 heterocycles. The van der Waals surface area contributed by atoms with Crippen LogP contribution in [0.15, 0.2) is 42.7 Å². The minimum atomic E-state index is 0.0963. The van der Waals surface area contributed by atoms with Gasteiger partial charge in [-0.3, -0.25) is 4.79 Å². The third kappa shape index (κ3) is 5.69. The van der Waals surface area contributed by atoms with Gasteiger partial charge in [0.25, 0.3) is 0 Å². The van der Waals surface area contributed by atoms with Crippen LogP contribution in [-0.4, -0.2) is 41.3 Å². The maximum atomic E-state index is 12.0. The Morgan fingerprint density at radius 3 is 2.70 bits per heavy atom. The molecule has 1 aromatic heterocycles. The number of rotatable bonds is 7. The standard InChI is InChI=1S/C20H23N5OS/c21-12-18-20(23-9-8-22-18)25-10-6-16(7-11-25)13-24-19(26)15-27-14-17-4-2-1-3-5-17/h1-5,8-9,16H,6-7,10-11,13-15H2,(H,24,26). The number of amides is 1. The molecule has 0 saturated carbocycles. The van der Waals surface area contributed by atoms with E-state index in [-0.39, 0.29) is 5.91 Å². The van der Waals surface area contributed by atoms with Gasteiger partial charge in [-0.15, -0.1) is 11.8 Å². The number of aromatic nitrogens is 2. The number of benzene rings is 1. The summed E-state index contributed by atoms with van der Waals surface area (Å²) in [7, 11) is 0. The fourth-order valence-corrected chi connectivity index (χ4v) is 3.95. The molecule has 1 saturated heterocycles. The summed E-state index contributed by atoms with van der Waals surface area (Å²) in [6.45, 7) is 2.37. The van der Waals surface area contributed by atoms with Crippen molar-refractivity contribution in [3.8, 4) is 6.07 Å². The smallest absolute Gasteiger partial charge is 0.230 e. The van der Waals surface area contributed by atoms with Gasteiger partial charge in [0.05, 0.1) is 5.75 Å². The highest BCUT2D eigenvalue weighted by atomic mass is 32.2. The summed E-state index contributed by atoms with van der Waals surface area (Å²) in [5, 5.41) is 12.2. The number of nitriles is 1. The number of carbonyl (C=O) groups excluding carboxylic acids is 1. The van der Waals surface area contributed by atoms with Gasteiger partial charge in [0.1, 0.15) is 6.07 Å².